The standard InChI is InChI=1S/C20H15F4NO6/c21-17(22)20(23,24)31-14-3-1-2-12(8-14)9-15-16(30-19(29)25(15)18(27)28)13-6-4-11(10-26)5-7-13/h1-8,10,15-17H,9H2,(H,27,28). The molecule has 31 heavy (non-hydrogen) atoms. The Morgan fingerprint density at radius 1 is 1.23 bits per heavy atom. The van der Waals surface area contributed by atoms with Gasteiger partial charge in [0.05, 0.1) is 6.04 Å². The molecular weight excluding hydrogens is 426 g/mol. The van der Waals surface area contributed by atoms with Gasteiger partial charge in [-0.25, -0.2) is 14.5 Å². The molecule has 2 amide bonds. The van der Waals surface area contributed by atoms with E-state index < -0.39 is 42.6 Å². The number of carboxylic acid groups (broad SMARTS) is 1. The Morgan fingerprint density at radius 3 is 2.48 bits per heavy atom. The molecule has 2 atom stereocenters. The number of carbonyl (C=O) groups is 3. The Bertz CT molecular complexity index is 982. The maximum atomic E-state index is 13.2. The van der Waals surface area contributed by atoms with Gasteiger partial charge in [-0.1, -0.05) is 36.4 Å². The summed E-state index contributed by atoms with van der Waals surface area (Å²) in [6, 6.07) is 9.59. The van der Waals surface area contributed by atoms with Gasteiger partial charge in [-0.3, -0.25) is 4.79 Å². The smallest absolute Gasteiger partial charge is 0.461 e. The number of ether oxygens (including phenoxy) is 2. The van der Waals surface area contributed by atoms with Crippen molar-refractivity contribution in [2.45, 2.75) is 31.1 Å². The summed E-state index contributed by atoms with van der Waals surface area (Å²) in [7, 11) is 0. The third-order valence-electron chi connectivity index (χ3n) is 4.56. The fourth-order valence-electron chi connectivity index (χ4n) is 3.17. The van der Waals surface area contributed by atoms with Gasteiger partial charge in [0.1, 0.15) is 12.0 Å². The highest BCUT2D eigenvalue weighted by Gasteiger charge is 2.47. The van der Waals surface area contributed by atoms with E-state index in [1.807, 2.05) is 0 Å². The number of alkyl halides is 4. The third kappa shape index (κ3) is 4.76. The fraction of sp³-hybridized carbons (Fsp3) is 0.250. The van der Waals surface area contributed by atoms with Crippen LogP contribution in [0.4, 0.5) is 27.2 Å². The first-order valence-electron chi connectivity index (χ1n) is 8.84. The van der Waals surface area contributed by atoms with E-state index in [2.05, 4.69) is 4.74 Å². The van der Waals surface area contributed by atoms with Crippen molar-refractivity contribution in [2.24, 2.45) is 0 Å². The van der Waals surface area contributed by atoms with Crippen LogP contribution in [0.15, 0.2) is 48.5 Å². The van der Waals surface area contributed by atoms with E-state index in [9.17, 15) is 37.1 Å². The molecule has 164 valence electrons. The van der Waals surface area contributed by atoms with Gasteiger partial charge in [0, 0.05) is 5.56 Å². The Balaban J connectivity index is 1.89. The Labute approximate surface area is 172 Å². The molecule has 2 aromatic carbocycles. The molecule has 3 rings (SSSR count). The van der Waals surface area contributed by atoms with Crippen molar-refractivity contribution < 1.29 is 46.5 Å². The highest BCUT2D eigenvalue weighted by atomic mass is 19.3. The number of hydrogen-bond donors (Lipinski definition) is 1. The van der Waals surface area contributed by atoms with Crippen molar-refractivity contribution in [1.82, 2.24) is 4.90 Å². The van der Waals surface area contributed by atoms with Crippen LogP contribution in [-0.4, -0.2) is 47.1 Å². The minimum absolute atomic E-state index is 0.171. The fourth-order valence-corrected chi connectivity index (χ4v) is 3.17. The van der Waals surface area contributed by atoms with Gasteiger partial charge < -0.3 is 14.6 Å². The largest absolute Gasteiger partial charge is 0.465 e. The molecular formula is C20H15F4NO6. The van der Waals surface area contributed by atoms with E-state index in [0.29, 0.717) is 22.3 Å². The molecule has 1 aliphatic rings. The van der Waals surface area contributed by atoms with E-state index in [1.165, 1.54) is 36.4 Å². The predicted molar refractivity (Wildman–Crippen MR) is 96.4 cm³/mol. The molecule has 1 saturated heterocycles. The van der Waals surface area contributed by atoms with Crippen molar-refractivity contribution in [3.63, 3.8) is 0 Å². The molecule has 1 heterocycles. The number of nitrogens with zero attached hydrogens (tertiary/aromatic N) is 1. The zero-order valence-electron chi connectivity index (χ0n) is 15.6. The SMILES string of the molecule is O=Cc1ccc(C2OC(=O)N(C(=O)O)C2Cc2cccc(OC(F)(F)C(F)F)c2)cc1. The number of aldehydes is 1. The molecule has 0 spiro atoms. The van der Waals surface area contributed by atoms with Gasteiger partial charge in [-0.15, -0.1) is 0 Å². The number of benzene rings is 2. The summed E-state index contributed by atoms with van der Waals surface area (Å²) in [5.41, 5.74) is 1.00. The summed E-state index contributed by atoms with van der Waals surface area (Å²) in [5, 5.41) is 9.42. The van der Waals surface area contributed by atoms with Crippen LogP contribution in [0.3, 0.4) is 0 Å². The van der Waals surface area contributed by atoms with Crippen molar-refractivity contribution in [1.29, 1.82) is 0 Å². The molecule has 0 saturated carbocycles. The minimum Gasteiger partial charge on any atom is -0.465 e. The Hall–Kier alpha value is -3.63. The number of imide groups is 1. The van der Waals surface area contributed by atoms with Crippen molar-refractivity contribution >= 4 is 18.5 Å². The van der Waals surface area contributed by atoms with Gasteiger partial charge in [-0.05, 0) is 29.7 Å². The molecule has 2 unspecified atom stereocenters. The second-order valence-corrected chi connectivity index (χ2v) is 6.62. The van der Waals surface area contributed by atoms with Gasteiger partial charge in [-0.2, -0.15) is 17.6 Å². The lowest BCUT2D eigenvalue weighted by Gasteiger charge is -2.22. The van der Waals surface area contributed by atoms with E-state index in [1.54, 1.807) is 0 Å². The monoisotopic (exact) mass is 441 g/mol. The van der Waals surface area contributed by atoms with Crippen molar-refractivity contribution in [3.05, 3.63) is 65.2 Å². The quantitative estimate of drug-likeness (QED) is 0.502. The molecule has 1 aliphatic heterocycles. The Kier molecular flexibility index (Phi) is 6.14. The molecule has 0 bridgehead atoms. The summed E-state index contributed by atoms with van der Waals surface area (Å²) in [6.45, 7) is 0. The van der Waals surface area contributed by atoms with Crippen molar-refractivity contribution in [3.8, 4) is 5.75 Å². The van der Waals surface area contributed by atoms with Crippen LogP contribution < -0.4 is 4.74 Å². The number of rotatable bonds is 7. The number of cyclic esters (lactones) is 1. The molecule has 11 heteroatoms. The first kappa shape index (κ1) is 22.1. The number of halogens is 4. The summed E-state index contributed by atoms with van der Waals surface area (Å²) in [6.07, 6.45) is -12.1. The van der Waals surface area contributed by atoms with E-state index in [-0.39, 0.29) is 12.0 Å². The number of amides is 2. The first-order chi connectivity index (χ1) is 14.6. The second-order valence-electron chi connectivity index (χ2n) is 6.62. The van der Waals surface area contributed by atoms with Crippen LogP contribution in [0.5, 0.6) is 5.75 Å². The van der Waals surface area contributed by atoms with Crippen LogP contribution in [0.1, 0.15) is 27.6 Å². The average molecular weight is 441 g/mol. The molecule has 0 aromatic heterocycles. The minimum atomic E-state index is -4.71. The molecule has 7 nitrogen and oxygen atoms in total. The summed E-state index contributed by atoms with van der Waals surface area (Å²) < 4.78 is 60.4. The Morgan fingerprint density at radius 2 is 1.90 bits per heavy atom. The van der Waals surface area contributed by atoms with E-state index in [0.717, 1.165) is 12.1 Å². The summed E-state index contributed by atoms with van der Waals surface area (Å²) in [4.78, 5) is 35.0. The molecule has 2 aromatic rings. The van der Waals surface area contributed by atoms with Gasteiger partial charge in [0.25, 0.3) is 0 Å². The van der Waals surface area contributed by atoms with Crippen LogP contribution in [0.2, 0.25) is 0 Å². The zero-order valence-corrected chi connectivity index (χ0v) is 15.6. The lowest BCUT2D eigenvalue weighted by atomic mass is 9.95. The maximum absolute atomic E-state index is 13.2. The van der Waals surface area contributed by atoms with Crippen LogP contribution >= 0.6 is 0 Å². The highest BCUT2D eigenvalue weighted by molar-refractivity contribution is 5.89. The molecule has 0 aliphatic carbocycles. The normalized spacial score (nSPS) is 18.7. The van der Waals surface area contributed by atoms with Gasteiger partial charge in [0.15, 0.2) is 6.10 Å². The van der Waals surface area contributed by atoms with E-state index in [4.69, 9.17) is 4.74 Å². The average Bonchev–Trinajstić information content (AvgIpc) is 3.03. The third-order valence-corrected chi connectivity index (χ3v) is 4.56. The van der Waals surface area contributed by atoms with Gasteiger partial charge in [0.2, 0.25) is 0 Å². The maximum Gasteiger partial charge on any atom is 0.461 e. The molecule has 0 radical (unpaired) electrons. The molecule has 1 N–H and O–H groups in total. The van der Waals surface area contributed by atoms with Crippen LogP contribution in [-0.2, 0) is 11.2 Å². The van der Waals surface area contributed by atoms with Crippen LogP contribution in [0.25, 0.3) is 0 Å². The molecule has 1 fully saturated rings. The second kappa shape index (κ2) is 8.62. The van der Waals surface area contributed by atoms with Gasteiger partial charge >= 0.3 is 24.7 Å². The lowest BCUT2D eigenvalue weighted by molar-refractivity contribution is -0.253. The number of hydrogen-bond acceptors (Lipinski definition) is 5. The van der Waals surface area contributed by atoms with Crippen LogP contribution in [0, 0.1) is 0 Å². The summed E-state index contributed by atoms with van der Waals surface area (Å²) in [5.74, 6) is -0.554. The lowest BCUT2D eigenvalue weighted by Crippen LogP contribution is -2.39. The van der Waals surface area contributed by atoms with Crippen molar-refractivity contribution in [2.75, 3.05) is 0 Å². The summed E-state index contributed by atoms with van der Waals surface area (Å²) >= 11 is 0. The van der Waals surface area contributed by atoms with E-state index >= 15 is 0 Å². The topological polar surface area (TPSA) is 93.1 Å². The zero-order chi connectivity index (χ0) is 22.8. The number of carbonyl (C=O) groups excluding carboxylic acids is 2. The highest BCUT2D eigenvalue weighted by Crippen LogP contribution is 2.36. The predicted octanol–water partition coefficient (Wildman–Crippen LogP) is 4.52. The first-order valence-corrected chi connectivity index (χ1v) is 8.84.